The maximum Gasteiger partial charge on any atom is 0.169 e. The maximum atomic E-state index is 6.35. The van der Waals surface area contributed by atoms with Crippen LogP contribution in [0.4, 0.5) is 0 Å². The lowest BCUT2D eigenvalue weighted by Gasteiger charge is -2.13. The summed E-state index contributed by atoms with van der Waals surface area (Å²) in [5.74, 6) is 0. The van der Waals surface area contributed by atoms with Gasteiger partial charge in [0, 0.05) is 42.3 Å². The number of benzene rings is 1. The maximum absolute atomic E-state index is 6.35. The molecule has 1 N–H and O–H groups in total. The predicted octanol–water partition coefficient (Wildman–Crippen LogP) is 3.26. The highest BCUT2D eigenvalue weighted by molar-refractivity contribution is 7.19. The van der Waals surface area contributed by atoms with Crippen molar-refractivity contribution in [3.63, 3.8) is 0 Å². The zero-order valence-electron chi connectivity index (χ0n) is 10.4. The van der Waals surface area contributed by atoms with Crippen LogP contribution in [0.25, 0.3) is 10.1 Å². The van der Waals surface area contributed by atoms with Crippen molar-refractivity contribution in [3.05, 3.63) is 34.2 Å². The summed E-state index contributed by atoms with van der Waals surface area (Å²) in [6.07, 6.45) is -0.224. The van der Waals surface area contributed by atoms with Crippen LogP contribution in [0.3, 0.4) is 0 Å². The van der Waals surface area contributed by atoms with Crippen LogP contribution < -0.4 is 5.32 Å². The van der Waals surface area contributed by atoms with Gasteiger partial charge in [0.15, 0.2) is 6.29 Å². The normalized spacial score (nSPS) is 11.6. The van der Waals surface area contributed by atoms with Gasteiger partial charge in [-0.05, 0) is 6.07 Å². The van der Waals surface area contributed by atoms with Crippen molar-refractivity contribution in [1.29, 1.82) is 0 Å². The van der Waals surface area contributed by atoms with Crippen molar-refractivity contribution in [1.82, 2.24) is 5.32 Å². The molecule has 0 radical (unpaired) electrons. The SMILES string of the molecule is COC(CNCc1sc2ccccc2c1Cl)OC. The first-order chi connectivity index (χ1) is 8.76. The summed E-state index contributed by atoms with van der Waals surface area (Å²) in [6.45, 7) is 1.36. The molecular weight excluding hydrogens is 270 g/mol. The number of fused-ring (bicyclic) bond motifs is 1. The highest BCUT2D eigenvalue weighted by atomic mass is 35.5. The molecule has 2 rings (SSSR count). The topological polar surface area (TPSA) is 30.5 Å². The largest absolute Gasteiger partial charge is 0.355 e. The Bertz CT molecular complexity index is 511. The van der Waals surface area contributed by atoms with E-state index in [0.717, 1.165) is 21.8 Å². The lowest BCUT2D eigenvalue weighted by Crippen LogP contribution is -2.29. The van der Waals surface area contributed by atoms with Gasteiger partial charge in [0.2, 0.25) is 0 Å². The molecule has 0 amide bonds. The summed E-state index contributed by atoms with van der Waals surface area (Å²) in [7, 11) is 3.25. The van der Waals surface area contributed by atoms with E-state index in [4.69, 9.17) is 21.1 Å². The molecule has 0 aliphatic carbocycles. The van der Waals surface area contributed by atoms with Crippen LogP contribution >= 0.6 is 22.9 Å². The number of nitrogens with one attached hydrogen (secondary N) is 1. The summed E-state index contributed by atoms with van der Waals surface area (Å²) in [4.78, 5) is 1.14. The van der Waals surface area contributed by atoms with Crippen molar-refractivity contribution in [2.45, 2.75) is 12.8 Å². The second kappa shape index (κ2) is 6.50. The molecule has 0 fully saturated rings. The third-order valence-electron chi connectivity index (χ3n) is 2.72. The Morgan fingerprint density at radius 3 is 2.67 bits per heavy atom. The van der Waals surface area contributed by atoms with E-state index in [2.05, 4.69) is 11.4 Å². The molecule has 0 aliphatic heterocycles. The van der Waals surface area contributed by atoms with Gasteiger partial charge in [0.1, 0.15) is 0 Å². The fraction of sp³-hybridized carbons (Fsp3) is 0.385. The van der Waals surface area contributed by atoms with E-state index in [1.54, 1.807) is 25.6 Å². The fourth-order valence-corrected chi connectivity index (χ4v) is 3.21. The molecule has 5 heteroatoms. The number of methoxy groups -OCH3 is 2. The first kappa shape index (κ1) is 13.8. The molecule has 0 unspecified atom stereocenters. The fourth-order valence-electron chi connectivity index (χ4n) is 1.74. The van der Waals surface area contributed by atoms with Gasteiger partial charge in [-0.15, -0.1) is 11.3 Å². The van der Waals surface area contributed by atoms with Crippen LogP contribution in [0.5, 0.6) is 0 Å². The van der Waals surface area contributed by atoms with Crippen LogP contribution in [0.2, 0.25) is 5.02 Å². The minimum absolute atomic E-state index is 0.224. The van der Waals surface area contributed by atoms with Crippen LogP contribution in [0, 0.1) is 0 Å². The molecule has 0 atom stereocenters. The summed E-state index contributed by atoms with van der Waals surface area (Å²) in [6, 6.07) is 8.16. The van der Waals surface area contributed by atoms with Gasteiger partial charge in [0.25, 0.3) is 0 Å². The minimum atomic E-state index is -0.224. The van der Waals surface area contributed by atoms with E-state index in [9.17, 15) is 0 Å². The van der Waals surface area contributed by atoms with E-state index in [0.29, 0.717) is 6.54 Å². The Hall–Kier alpha value is -0.650. The van der Waals surface area contributed by atoms with Crippen molar-refractivity contribution in [2.75, 3.05) is 20.8 Å². The monoisotopic (exact) mass is 285 g/mol. The van der Waals surface area contributed by atoms with Crippen molar-refractivity contribution in [3.8, 4) is 0 Å². The molecule has 0 saturated heterocycles. The molecule has 1 aromatic carbocycles. The van der Waals surface area contributed by atoms with E-state index in [1.807, 2.05) is 18.2 Å². The number of hydrogen-bond acceptors (Lipinski definition) is 4. The zero-order chi connectivity index (χ0) is 13.0. The number of rotatable bonds is 6. The molecule has 0 bridgehead atoms. The molecule has 0 aliphatic rings. The second-order valence-corrected chi connectivity index (χ2v) is 5.38. The van der Waals surface area contributed by atoms with Crippen molar-refractivity contribution in [2.24, 2.45) is 0 Å². The summed E-state index contributed by atoms with van der Waals surface area (Å²) in [5, 5.41) is 5.24. The minimum Gasteiger partial charge on any atom is -0.355 e. The van der Waals surface area contributed by atoms with Crippen LogP contribution in [-0.4, -0.2) is 27.1 Å². The van der Waals surface area contributed by atoms with Crippen molar-refractivity contribution < 1.29 is 9.47 Å². The predicted molar refractivity (Wildman–Crippen MR) is 76.3 cm³/mol. The van der Waals surface area contributed by atoms with Gasteiger partial charge in [-0.3, -0.25) is 0 Å². The van der Waals surface area contributed by atoms with E-state index in [1.165, 1.54) is 4.70 Å². The first-order valence-electron chi connectivity index (χ1n) is 5.68. The lowest BCUT2D eigenvalue weighted by atomic mass is 10.2. The summed E-state index contributed by atoms with van der Waals surface area (Å²) in [5.41, 5.74) is 0. The molecular formula is C13H16ClNO2S. The molecule has 1 heterocycles. The Balaban J connectivity index is 2.01. The van der Waals surface area contributed by atoms with E-state index in [-0.39, 0.29) is 6.29 Å². The number of ether oxygens (including phenoxy) is 2. The Morgan fingerprint density at radius 1 is 1.28 bits per heavy atom. The standard InChI is InChI=1S/C13H16ClNO2S/c1-16-12(17-2)8-15-7-11-13(14)9-5-3-4-6-10(9)18-11/h3-6,12,15H,7-8H2,1-2H3. The summed E-state index contributed by atoms with van der Waals surface area (Å²) >= 11 is 8.06. The van der Waals surface area contributed by atoms with E-state index >= 15 is 0 Å². The van der Waals surface area contributed by atoms with Crippen molar-refractivity contribution >= 4 is 33.0 Å². The molecule has 98 valence electrons. The molecule has 3 nitrogen and oxygen atoms in total. The van der Waals surface area contributed by atoms with Gasteiger partial charge in [-0.1, -0.05) is 29.8 Å². The Kier molecular flexibility index (Phi) is 4.97. The highest BCUT2D eigenvalue weighted by Gasteiger charge is 2.10. The number of hydrogen-bond donors (Lipinski definition) is 1. The number of halogens is 1. The van der Waals surface area contributed by atoms with Gasteiger partial charge in [0.05, 0.1) is 5.02 Å². The molecule has 0 saturated carbocycles. The molecule has 1 aromatic heterocycles. The van der Waals surface area contributed by atoms with Crippen LogP contribution in [-0.2, 0) is 16.0 Å². The highest BCUT2D eigenvalue weighted by Crippen LogP contribution is 2.34. The zero-order valence-corrected chi connectivity index (χ0v) is 12.0. The van der Waals surface area contributed by atoms with Gasteiger partial charge >= 0.3 is 0 Å². The third-order valence-corrected chi connectivity index (χ3v) is 4.44. The van der Waals surface area contributed by atoms with Crippen LogP contribution in [0.1, 0.15) is 4.88 Å². The number of thiophene rings is 1. The molecule has 2 aromatic rings. The van der Waals surface area contributed by atoms with Gasteiger partial charge in [-0.2, -0.15) is 0 Å². The molecule has 0 spiro atoms. The average Bonchev–Trinajstić information content (AvgIpc) is 2.72. The smallest absolute Gasteiger partial charge is 0.169 e. The van der Waals surface area contributed by atoms with Gasteiger partial charge in [-0.25, -0.2) is 0 Å². The van der Waals surface area contributed by atoms with Crippen LogP contribution in [0.15, 0.2) is 24.3 Å². The average molecular weight is 286 g/mol. The van der Waals surface area contributed by atoms with E-state index < -0.39 is 0 Å². The first-order valence-corrected chi connectivity index (χ1v) is 6.88. The Morgan fingerprint density at radius 2 is 2.00 bits per heavy atom. The third kappa shape index (κ3) is 3.02. The lowest BCUT2D eigenvalue weighted by molar-refractivity contribution is -0.0988. The molecule has 18 heavy (non-hydrogen) atoms. The Labute approximate surface area is 116 Å². The van der Waals surface area contributed by atoms with Gasteiger partial charge < -0.3 is 14.8 Å². The second-order valence-electron chi connectivity index (χ2n) is 3.87. The quantitative estimate of drug-likeness (QED) is 0.827. The summed E-state index contributed by atoms with van der Waals surface area (Å²) < 4.78 is 11.4.